The van der Waals surface area contributed by atoms with E-state index in [1.165, 1.54) is 51.4 Å². The third-order valence-corrected chi connectivity index (χ3v) is 8.32. The third-order valence-electron chi connectivity index (χ3n) is 7.24. The van der Waals surface area contributed by atoms with Gasteiger partial charge in [0.15, 0.2) is 5.25 Å². The zero-order chi connectivity index (χ0) is 32.7. The van der Waals surface area contributed by atoms with Gasteiger partial charge in [0.25, 0.3) is 10.1 Å². The van der Waals surface area contributed by atoms with Crippen molar-refractivity contribution in [3.63, 3.8) is 0 Å². The fourth-order valence-electron chi connectivity index (χ4n) is 4.50. The zero-order valence-corrected chi connectivity index (χ0v) is 28.8. The summed E-state index contributed by atoms with van der Waals surface area (Å²) in [5, 5.41) is -1.93. The van der Waals surface area contributed by atoms with Crippen LogP contribution < -0.4 is 4.74 Å². The molecule has 1 rings (SSSR count). The SMILES string of the molecule is CCCCCCCCCOc1ccccc1.CCCCCCCCOC(=O)CC(C(=O)OCCCCCCCC)S(=O)(=O)O. The van der Waals surface area contributed by atoms with E-state index >= 15 is 0 Å². The summed E-state index contributed by atoms with van der Waals surface area (Å²) in [6.07, 6.45) is 20.7. The standard InChI is InChI=1S/C20H38O7S.C15H24O/c1-3-5-7-9-11-13-15-26-19(21)17-18(28(23,24)25)20(22)27-16-14-12-10-8-6-4-2;1-2-3-4-5-6-7-11-14-16-15-12-9-8-10-13-15/h18H,3-17H2,1-2H3,(H,23,24,25);8-10,12-13H,2-7,11,14H2,1H3. The first-order valence-corrected chi connectivity index (χ1v) is 18.7. The van der Waals surface area contributed by atoms with Gasteiger partial charge in [0.2, 0.25) is 0 Å². The molecule has 1 aromatic carbocycles. The van der Waals surface area contributed by atoms with E-state index in [2.05, 4.69) is 20.8 Å². The second-order valence-corrected chi connectivity index (χ2v) is 13.0. The molecule has 1 atom stereocenters. The minimum Gasteiger partial charge on any atom is -0.494 e. The van der Waals surface area contributed by atoms with Gasteiger partial charge in [-0.1, -0.05) is 142 Å². The van der Waals surface area contributed by atoms with E-state index in [4.69, 9.17) is 14.2 Å². The molecule has 0 bridgehead atoms. The number of unbranched alkanes of at least 4 members (excludes halogenated alkanes) is 16. The van der Waals surface area contributed by atoms with Crippen molar-refractivity contribution in [1.29, 1.82) is 0 Å². The maximum atomic E-state index is 12.0. The molecule has 0 aliphatic rings. The summed E-state index contributed by atoms with van der Waals surface area (Å²) in [6.45, 7) is 7.62. The zero-order valence-electron chi connectivity index (χ0n) is 27.9. The van der Waals surface area contributed by atoms with E-state index in [1.54, 1.807) is 0 Å². The first-order valence-electron chi connectivity index (χ1n) is 17.2. The summed E-state index contributed by atoms with van der Waals surface area (Å²) in [5.74, 6) is -0.936. The smallest absolute Gasteiger partial charge is 0.327 e. The molecule has 44 heavy (non-hydrogen) atoms. The highest BCUT2D eigenvalue weighted by Crippen LogP contribution is 2.13. The number of hydrogen-bond acceptors (Lipinski definition) is 7. The van der Waals surface area contributed by atoms with E-state index in [0.717, 1.165) is 70.1 Å². The number of carbonyl (C=O) groups is 2. The lowest BCUT2D eigenvalue weighted by molar-refractivity contribution is -0.150. The maximum absolute atomic E-state index is 12.0. The molecule has 1 N–H and O–H groups in total. The van der Waals surface area contributed by atoms with E-state index in [1.807, 2.05) is 30.3 Å². The van der Waals surface area contributed by atoms with Crippen molar-refractivity contribution in [3.8, 4) is 5.75 Å². The van der Waals surface area contributed by atoms with Gasteiger partial charge < -0.3 is 14.2 Å². The molecule has 1 aromatic rings. The average Bonchev–Trinajstić information content (AvgIpc) is 3.00. The summed E-state index contributed by atoms with van der Waals surface area (Å²) in [7, 11) is -4.73. The van der Waals surface area contributed by atoms with Gasteiger partial charge in [-0.2, -0.15) is 8.42 Å². The molecule has 0 heterocycles. The summed E-state index contributed by atoms with van der Waals surface area (Å²) >= 11 is 0. The fourth-order valence-corrected chi connectivity index (χ4v) is 5.16. The molecule has 0 radical (unpaired) electrons. The van der Waals surface area contributed by atoms with Crippen LogP contribution in [0.4, 0.5) is 0 Å². The Hall–Kier alpha value is -2.13. The van der Waals surface area contributed by atoms with E-state index in [-0.39, 0.29) is 13.2 Å². The Morgan fingerprint density at radius 1 is 0.614 bits per heavy atom. The Labute approximate surface area is 268 Å². The number of ether oxygens (including phenoxy) is 3. The third kappa shape index (κ3) is 26.3. The van der Waals surface area contributed by atoms with Crippen LogP contribution in [0.5, 0.6) is 5.75 Å². The van der Waals surface area contributed by atoms with Crippen molar-refractivity contribution in [3.05, 3.63) is 30.3 Å². The predicted octanol–water partition coefficient (Wildman–Crippen LogP) is 9.26. The Morgan fingerprint density at radius 2 is 1.02 bits per heavy atom. The lowest BCUT2D eigenvalue weighted by atomic mass is 10.1. The first-order chi connectivity index (χ1) is 21.3. The van der Waals surface area contributed by atoms with E-state index in [9.17, 15) is 22.6 Å². The molecular formula is C35H62O8S. The second-order valence-electron chi connectivity index (χ2n) is 11.4. The van der Waals surface area contributed by atoms with Crippen molar-refractivity contribution in [1.82, 2.24) is 0 Å². The van der Waals surface area contributed by atoms with Crippen molar-refractivity contribution in [2.75, 3.05) is 19.8 Å². The van der Waals surface area contributed by atoms with Crippen LogP contribution in [-0.2, 0) is 29.2 Å². The summed E-state index contributed by atoms with van der Waals surface area (Å²) < 4.78 is 47.7. The van der Waals surface area contributed by atoms with E-state index in [0.29, 0.717) is 12.8 Å². The predicted molar refractivity (Wildman–Crippen MR) is 179 cm³/mol. The minimum absolute atomic E-state index is 0.0732. The molecule has 0 aliphatic heterocycles. The average molecular weight is 643 g/mol. The van der Waals surface area contributed by atoms with Crippen molar-refractivity contribution < 1.29 is 36.8 Å². The van der Waals surface area contributed by atoms with Crippen LogP contribution in [0.3, 0.4) is 0 Å². The van der Waals surface area contributed by atoms with Gasteiger partial charge in [-0.05, 0) is 31.4 Å². The van der Waals surface area contributed by atoms with Gasteiger partial charge in [-0.25, -0.2) is 0 Å². The minimum atomic E-state index is -4.73. The van der Waals surface area contributed by atoms with Crippen LogP contribution in [0.1, 0.15) is 149 Å². The van der Waals surface area contributed by atoms with Gasteiger partial charge in [0.1, 0.15) is 5.75 Å². The Morgan fingerprint density at radius 3 is 1.48 bits per heavy atom. The van der Waals surface area contributed by atoms with Gasteiger partial charge in [-0.3, -0.25) is 14.1 Å². The van der Waals surface area contributed by atoms with Crippen LogP contribution in [0.25, 0.3) is 0 Å². The number of rotatable bonds is 27. The van der Waals surface area contributed by atoms with Crippen LogP contribution in [0.2, 0.25) is 0 Å². The molecule has 1 unspecified atom stereocenters. The lowest BCUT2D eigenvalue weighted by Gasteiger charge is -2.13. The largest absolute Gasteiger partial charge is 0.494 e. The molecule has 0 aliphatic carbocycles. The fraction of sp³-hybridized carbons (Fsp3) is 0.771. The molecular weight excluding hydrogens is 580 g/mol. The second kappa shape index (κ2) is 29.6. The highest BCUT2D eigenvalue weighted by Gasteiger charge is 2.35. The quantitative estimate of drug-likeness (QED) is 0.0573. The molecule has 0 amide bonds. The first kappa shape index (κ1) is 41.9. The lowest BCUT2D eigenvalue weighted by Crippen LogP contribution is -2.34. The summed E-state index contributed by atoms with van der Waals surface area (Å²) in [4.78, 5) is 23.8. The molecule has 0 saturated heterocycles. The molecule has 0 aromatic heterocycles. The molecule has 0 fully saturated rings. The van der Waals surface area contributed by atoms with Crippen LogP contribution in [0, 0.1) is 0 Å². The van der Waals surface area contributed by atoms with Gasteiger partial charge >= 0.3 is 11.9 Å². The van der Waals surface area contributed by atoms with Crippen molar-refractivity contribution >= 4 is 22.1 Å². The van der Waals surface area contributed by atoms with Crippen LogP contribution >= 0.6 is 0 Å². The van der Waals surface area contributed by atoms with Gasteiger partial charge in [-0.15, -0.1) is 0 Å². The van der Waals surface area contributed by atoms with Crippen molar-refractivity contribution in [2.24, 2.45) is 0 Å². The number of hydrogen-bond donors (Lipinski definition) is 1. The molecule has 9 heteroatoms. The Kier molecular flexibility index (Phi) is 28.1. The molecule has 8 nitrogen and oxygen atoms in total. The normalized spacial score (nSPS) is 11.7. The Bertz CT molecular complexity index is 905. The van der Waals surface area contributed by atoms with E-state index < -0.39 is 33.7 Å². The highest BCUT2D eigenvalue weighted by molar-refractivity contribution is 7.87. The number of esters is 2. The summed E-state index contributed by atoms with van der Waals surface area (Å²) in [6, 6.07) is 10.1. The number of carbonyl (C=O) groups excluding carboxylic acids is 2. The van der Waals surface area contributed by atoms with Gasteiger partial charge in [0, 0.05) is 0 Å². The molecule has 0 saturated carbocycles. The monoisotopic (exact) mass is 642 g/mol. The van der Waals surface area contributed by atoms with Gasteiger partial charge in [0.05, 0.1) is 26.2 Å². The molecule has 0 spiro atoms. The molecule has 256 valence electrons. The topological polar surface area (TPSA) is 116 Å². The Balaban J connectivity index is 0.000000971. The van der Waals surface area contributed by atoms with Crippen LogP contribution in [-0.4, -0.2) is 50.0 Å². The van der Waals surface area contributed by atoms with Crippen molar-refractivity contribution in [2.45, 2.75) is 154 Å². The number of benzene rings is 1. The highest BCUT2D eigenvalue weighted by atomic mass is 32.2. The maximum Gasteiger partial charge on any atom is 0.327 e. The number of para-hydroxylation sites is 1. The summed E-state index contributed by atoms with van der Waals surface area (Å²) in [5.41, 5.74) is 0. The van der Waals surface area contributed by atoms with Crippen LogP contribution in [0.15, 0.2) is 30.3 Å².